The molecule has 0 aliphatic carbocycles. The van der Waals surface area contributed by atoms with Crippen LogP contribution in [0.15, 0.2) is 42.5 Å². The van der Waals surface area contributed by atoms with Crippen LogP contribution in [0.25, 0.3) is 0 Å². The van der Waals surface area contributed by atoms with Crippen LogP contribution in [-0.4, -0.2) is 24.8 Å². The summed E-state index contributed by atoms with van der Waals surface area (Å²) in [5.74, 6) is 0.676. The molecule has 0 bridgehead atoms. The lowest BCUT2D eigenvalue weighted by molar-refractivity contribution is -0.149. The van der Waals surface area contributed by atoms with E-state index in [-0.39, 0.29) is 35.5 Å². The maximum atomic E-state index is 13.2. The number of carbonyl (C=O) groups is 1. The Morgan fingerprint density at radius 3 is 2.60 bits per heavy atom. The quantitative estimate of drug-likeness (QED) is 0.635. The number of hydrogen-bond donors (Lipinski definition) is 0. The number of halogens is 1. The maximum Gasteiger partial charge on any atom is 0.305 e. The van der Waals surface area contributed by atoms with Crippen molar-refractivity contribution in [2.75, 3.05) is 7.11 Å². The number of carbonyl (C=O) groups excluding carboxylic acids is 1. The zero-order valence-corrected chi connectivity index (χ0v) is 17.8. The largest absolute Gasteiger partial charge is 0.487 e. The molecule has 4 rings (SSSR count). The van der Waals surface area contributed by atoms with Gasteiger partial charge in [-0.1, -0.05) is 18.2 Å². The summed E-state index contributed by atoms with van der Waals surface area (Å²) in [7, 11) is 1.41. The van der Waals surface area contributed by atoms with E-state index in [0.717, 1.165) is 41.7 Å². The van der Waals surface area contributed by atoms with Crippen molar-refractivity contribution in [1.82, 2.24) is 0 Å². The van der Waals surface area contributed by atoms with E-state index in [4.69, 9.17) is 14.2 Å². The normalized spacial score (nSPS) is 24.3. The average Bonchev–Trinajstić information content (AvgIpc) is 2.73. The standard InChI is InChI=1S/C25H29FO4/c1-25(2)21-11-10-19(14-16-4-8-18(26)9-5-16)29-24(21)20-15-17(6-12-22(20)30-25)7-13-23(27)28-3/h4-6,8-9,12,15,19,21,24H,7,10-11,13-14H2,1-3H3/t19-,21+,24-/m1/s1. The summed E-state index contributed by atoms with van der Waals surface area (Å²) in [6.45, 7) is 4.25. The molecule has 1 fully saturated rings. The summed E-state index contributed by atoms with van der Waals surface area (Å²) in [5, 5.41) is 0. The van der Waals surface area contributed by atoms with Crippen LogP contribution >= 0.6 is 0 Å². The smallest absolute Gasteiger partial charge is 0.305 e. The van der Waals surface area contributed by atoms with Gasteiger partial charge in [-0.15, -0.1) is 0 Å². The lowest BCUT2D eigenvalue weighted by Crippen LogP contribution is -2.48. The predicted octanol–water partition coefficient (Wildman–Crippen LogP) is 5.18. The summed E-state index contributed by atoms with van der Waals surface area (Å²) in [4.78, 5) is 11.5. The van der Waals surface area contributed by atoms with E-state index < -0.39 is 0 Å². The highest BCUT2D eigenvalue weighted by molar-refractivity contribution is 5.69. The van der Waals surface area contributed by atoms with Crippen molar-refractivity contribution >= 4 is 5.97 Å². The van der Waals surface area contributed by atoms with Gasteiger partial charge in [0.25, 0.3) is 0 Å². The molecule has 1 saturated heterocycles. The molecule has 2 aromatic carbocycles. The number of fused-ring (bicyclic) bond motifs is 3. The molecule has 0 aromatic heterocycles. The SMILES string of the molecule is COC(=O)CCc1ccc2c(c1)[C@H]1O[C@@H](Cc3ccc(F)cc3)CC[C@@H]1C(C)(C)O2. The molecule has 0 saturated carbocycles. The fourth-order valence-corrected chi connectivity index (χ4v) is 4.70. The molecule has 160 valence electrons. The van der Waals surface area contributed by atoms with Gasteiger partial charge >= 0.3 is 5.97 Å². The zero-order valence-electron chi connectivity index (χ0n) is 17.8. The molecular weight excluding hydrogens is 383 g/mol. The molecule has 4 nitrogen and oxygen atoms in total. The molecule has 2 aliphatic rings. The highest BCUT2D eigenvalue weighted by Crippen LogP contribution is 2.51. The Balaban J connectivity index is 1.56. The van der Waals surface area contributed by atoms with Crippen LogP contribution in [0.2, 0.25) is 0 Å². The third-order valence-corrected chi connectivity index (χ3v) is 6.37. The number of rotatable bonds is 5. The van der Waals surface area contributed by atoms with Gasteiger partial charge in [0.2, 0.25) is 0 Å². The third kappa shape index (κ3) is 4.36. The lowest BCUT2D eigenvalue weighted by Gasteiger charge is -2.49. The molecule has 0 unspecified atom stereocenters. The van der Waals surface area contributed by atoms with Crippen LogP contribution in [0.5, 0.6) is 5.75 Å². The Kier molecular flexibility index (Phi) is 5.83. The van der Waals surface area contributed by atoms with Crippen LogP contribution in [0.4, 0.5) is 4.39 Å². The fourth-order valence-electron chi connectivity index (χ4n) is 4.70. The number of benzene rings is 2. The van der Waals surface area contributed by atoms with E-state index in [1.165, 1.54) is 19.2 Å². The third-order valence-electron chi connectivity index (χ3n) is 6.37. The molecular formula is C25H29FO4. The van der Waals surface area contributed by atoms with Gasteiger partial charge in [-0.2, -0.15) is 0 Å². The first-order valence-corrected chi connectivity index (χ1v) is 10.6. The first-order chi connectivity index (χ1) is 14.4. The Bertz CT molecular complexity index is 906. The lowest BCUT2D eigenvalue weighted by atomic mass is 9.74. The maximum absolute atomic E-state index is 13.2. The molecule has 2 aliphatic heterocycles. The molecule has 5 heteroatoms. The van der Waals surface area contributed by atoms with Crippen LogP contribution in [0.3, 0.4) is 0 Å². The van der Waals surface area contributed by atoms with Crippen molar-refractivity contribution < 1.29 is 23.4 Å². The predicted molar refractivity (Wildman–Crippen MR) is 112 cm³/mol. The number of methoxy groups -OCH3 is 1. The summed E-state index contributed by atoms with van der Waals surface area (Å²) in [6.07, 6.45) is 3.72. The second-order valence-electron chi connectivity index (χ2n) is 8.85. The van der Waals surface area contributed by atoms with Gasteiger partial charge in [0, 0.05) is 17.9 Å². The fraction of sp³-hybridized carbons (Fsp3) is 0.480. The Morgan fingerprint density at radius 2 is 1.87 bits per heavy atom. The van der Waals surface area contributed by atoms with Crippen molar-refractivity contribution in [2.24, 2.45) is 5.92 Å². The van der Waals surface area contributed by atoms with Crippen LogP contribution in [0, 0.1) is 11.7 Å². The summed E-state index contributed by atoms with van der Waals surface area (Å²) < 4.78 is 31.0. The highest BCUT2D eigenvalue weighted by atomic mass is 19.1. The van der Waals surface area contributed by atoms with Crippen molar-refractivity contribution in [1.29, 1.82) is 0 Å². The van der Waals surface area contributed by atoms with Gasteiger partial charge in [0.1, 0.15) is 17.2 Å². The summed E-state index contributed by atoms with van der Waals surface area (Å²) >= 11 is 0. The van der Waals surface area contributed by atoms with E-state index >= 15 is 0 Å². The van der Waals surface area contributed by atoms with E-state index in [9.17, 15) is 9.18 Å². The van der Waals surface area contributed by atoms with E-state index in [1.54, 1.807) is 0 Å². The number of hydrogen-bond acceptors (Lipinski definition) is 4. The molecule has 2 heterocycles. The van der Waals surface area contributed by atoms with E-state index in [2.05, 4.69) is 19.9 Å². The second kappa shape index (κ2) is 8.38. The molecule has 0 amide bonds. The van der Waals surface area contributed by atoms with Crippen molar-refractivity contribution in [3.63, 3.8) is 0 Å². The number of aryl methyl sites for hydroxylation is 1. The minimum absolute atomic E-state index is 0.0546. The van der Waals surface area contributed by atoms with Crippen LogP contribution in [0.1, 0.15) is 55.9 Å². The Morgan fingerprint density at radius 1 is 1.13 bits per heavy atom. The summed E-state index contributed by atoms with van der Waals surface area (Å²) in [6, 6.07) is 12.8. The average molecular weight is 413 g/mol. The molecule has 0 radical (unpaired) electrons. The van der Waals surface area contributed by atoms with Crippen molar-refractivity contribution in [2.45, 2.75) is 63.8 Å². The van der Waals surface area contributed by atoms with E-state index in [1.807, 2.05) is 24.3 Å². The zero-order chi connectivity index (χ0) is 21.3. The van der Waals surface area contributed by atoms with Gasteiger partial charge in [0.05, 0.1) is 19.3 Å². The Hall–Kier alpha value is -2.40. The highest BCUT2D eigenvalue weighted by Gasteiger charge is 2.47. The van der Waals surface area contributed by atoms with Gasteiger partial charge in [0.15, 0.2) is 0 Å². The van der Waals surface area contributed by atoms with Gasteiger partial charge in [-0.05, 0) is 74.9 Å². The number of esters is 1. The first-order valence-electron chi connectivity index (χ1n) is 10.6. The van der Waals surface area contributed by atoms with Crippen LogP contribution < -0.4 is 4.74 Å². The molecule has 3 atom stereocenters. The molecule has 0 spiro atoms. The monoisotopic (exact) mass is 412 g/mol. The van der Waals surface area contributed by atoms with Gasteiger partial charge in [-0.3, -0.25) is 4.79 Å². The Labute approximate surface area is 177 Å². The molecule has 30 heavy (non-hydrogen) atoms. The van der Waals surface area contributed by atoms with Gasteiger partial charge in [-0.25, -0.2) is 4.39 Å². The minimum Gasteiger partial charge on any atom is -0.487 e. The number of ether oxygens (including phenoxy) is 3. The topological polar surface area (TPSA) is 44.8 Å². The van der Waals surface area contributed by atoms with E-state index in [0.29, 0.717) is 12.8 Å². The molecule has 2 aromatic rings. The van der Waals surface area contributed by atoms with Crippen molar-refractivity contribution in [3.05, 3.63) is 65.0 Å². The van der Waals surface area contributed by atoms with Crippen molar-refractivity contribution in [3.8, 4) is 5.75 Å². The minimum atomic E-state index is -0.313. The van der Waals surface area contributed by atoms with Gasteiger partial charge < -0.3 is 14.2 Å². The first kappa shape index (κ1) is 20.9. The van der Waals surface area contributed by atoms with Crippen LogP contribution in [-0.2, 0) is 27.1 Å². The summed E-state index contributed by atoms with van der Waals surface area (Å²) in [5.41, 5.74) is 2.90. The second-order valence-corrected chi connectivity index (χ2v) is 8.85. The molecule has 0 N–H and O–H groups in total.